The van der Waals surface area contributed by atoms with Gasteiger partial charge in [0.1, 0.15) is 0 Å². The predicted molar refractivity (Wildman–Crippen MR) is 87.2 cm³/mol. The fourth-order valence-electron chi connectivity index (χ4n) is 2.30. The van der Waals surface area contributed by atoms with E-state index in [4.69, 9.17) is 0 Å². The van der Waals surface area contributed by atoms with Gasteiger partial charge in [-0.15, -0.1) is 0 Å². The normalized spacial score (nSPS) is 12.5. The summed E-state index contributed by atoms with van der Waals surface area (Å²) in [6, 6.07) is 9.36. The summed E-state index contributed by atoms with van der Waals surface area (Å²) in [5.74, 6) is 0.786. The molecule has 2 heteroatoms. The molecule has 0 aromatic heterocycles. The van der Waals surface area contributed by atoms with Crippen LogP contribution < -0.4 is 10.2 Å². The largest absolute Gasteiger partial charge is 0.383 e. The number of rotatable bonds is 8. The van der Waals surface area contributed by atoms with Crippen molar-refractivity contribution in [2.75, 3.05) is 23.3 Å². The number of hydrogen-bond acceptors (Lipinski definition) is 2. The Morgan fingerprint density at radius 1 is 0.947 bits per heavy atom. The minimum Gasteiger partial charge on any atom is -0.383 e. The van der Waals surface area contributed by atoms with Crippen molar-refractivity contribution >= 4 is 11.4 Å². The first-order valence-corrected chi connectivity index (χ1v) is 7.68. The average molecular weight is 262 g/mol. The van der Waals surface area contributed by atoms with E-state index in [0.29, 0.717) is 6.04 Å². The lowest BCUT2D eigenvalue weighted by Gasteiger charge is -2.22. The molecule has 0 bridgehead atoms. The molecule has 1 atom stereocenters. The van der Waals surface area contributed by atoms with E-state index < -0.39 is 0 Å². The zero-order chi connectivity index (χ0) is 14.3. The zero-order valence-electron chi connectivity index (χ0n) is 13.2. The minimum atomic E-state index is 0.543. The molecule has 19 heavy (non-hydrogen) atoms. The summed E-state index contributed by atoms with van der Waals surface area (Å²) < 4.78 is 0. The van der Waals surface area contributed by atoms with E-state index in [2.05, 4.69) is 69.1 Å². The van der Waals surface area contributed by atoms with E-state index in [1.807, 2.05) is 0 Å². The SMILES string of the molecule is CCN(CC)c1ccc(NC(C)CCC(C)C)cc1. The monoisotopic (exact) mass is 262 g/mol. The lowest BCUT2D eigenvalue weighted by atomic mass is 10.0. The zero-order valence-corrected chi connectivity index (χ0v) is 13.2. The van der Waals surface area contributed by atoms with E-state index in [1.165, 1.54) is 24.2 Å². The first kappa shape index (κ1) is 15.9. The van der Waals surface area contributed by atoms with Gasteiger partial charge in [-0.2, -0.15) is 0 Å². The Morgan fingerprint density at radius 3 is 2.00 bits per heavy atom. The van der Waals surface area contributed by atoms with Crippen LogP contribution in [0.25, 0.3) is 0 Å². The second kappa shape index (κ2) is 8.08. The summed E-state index contributed by atoms with van der Waals surface area (Å²) in [6.45, 7) is 13.4. The Labute approximate surface area is 119 Å². The van der Waals surface area contributed by atoms with Gasteiger partial charge in [0.15, 0.2) is 0 Å². The van der Waals surface area contributed by atoms with Crippen molar-refractivity contribution < 1.29 is 0 Å². The molecule has 0 saturated carbocycles. The fourth-order valence-corrected chi connectivity index (χ4v) is 2.30. The Kier molecular flexibility index (Phi) is 6.75. The van der Waals surface area contributed by atoms with Crippen LogP contribution in [0.1, 0.15) is 47.5 Å². The van der Waals surface area contributed by atoms with Crippen LogP contribution in [0.2, 0.25) is 0 Å². The molecule has 108 valence electrons. The molecule has 0 aliphatic carbocycles. The Hall–Kier alpha value is -1.18. The van der Waals surface area contributed by atoms with Crippen LogP contribution in [-0.4, -0.2) is 19.1 Å². The van der Waals surface area contributed by atoms with Gasteiger partial charge in [0.25, 0.3) is 0 Å². The van der Waals surface area contributed by atoms with Gasteiger partial charge >= 0.3 is 0 Å². The van der Waals surface area contributed by atoms with Gasteiger partial charge in [0, 0.05) is 30.5 Å². The number of benzene rings is 1. The molecular formula is C17H30N2. The number of hydrogen-bond donors (Lipinski definition) is 1. The van der Waals surface area contributed by atoms with Crippen molar-refractivity contribution in [1.82, 2.24) is 0 Å². The first-order chi connectivity index (χ1) is 9.06. The van der Waals surface area contributed by atoms with Crippen LogP contribution in [0.5, 0.6) is 0 Å². The summed E-state index contributed by atoms with van der Waals surface area (Å²) in [5, 5.41) is 3.58. The third kappa shape index (κ3) is 5.54. The third-order valence-electron chi connectivity index (χ3n) is 3.59. The molecule has 0 saturated heterocycles. The van der Waals surface area contributed by atoms with Crippen LogP contribution in [0.15, 0.2) is 24.3 Å². The van der Waals surface area contributed by atoms with E-state index >= 15 is 0 Å². The molecule has 0 fully saturated rings. The fraction of sp³-hybridized carbons (Fsp3) is 0.647. The topological polar surface area (TPSA) is 15.3 Å². The molecule has 1 aromatic carbocycles. The Morgan fingerprint density at radius 2 is 1.53 bits per heavy atom. The molecule has 0 amide bonds. The van der Waals surface area contributed by atoms with Crippen LogP contribution in [-0.2, 0) is 0 Å². The molecule has 0 heterocycles. The van der Waals surface area contributed by atoms with Gasteiger partial charge in [-0.3, -0.25) is 0 Å². The van der Waals surface area contributed by atoms with Gasteiger partial charge in [-0.05, 0) is 63.8 Å². The minimum absolute atomic E-state index is 0.543. The van der Waals surface area contributed by atoms with Crippen molar-refractivity contribution in [2.24, 2.45) is 5.92 Å². The van der Waals surface area contributed by atoms with Gasteiger partial charge in [-0.25, -0.2) is 0 Å². The molecule has 1 N–H and O–H groups in total. The third-order valence-corrected chi connectivity index (χ3v) is 3.59. The van der Waals surface area contributed by atoms with Crippen molar-refractivity contribution in [1.29, 1.82) is 0 Å². The van der Waals surface area contributed by atoms with E-state index in [1.54, 1.807) is 0 Å². The quantitative estimate of drug-likeness (QED) is 0.726. The highest BCUT2D eigenvalue weighted by Gasteiger charge is 2.05. The molecule has 1 aromatic rings. The maximum absolute atomic E-state index is 3.58. The van der Waals surface area contributed by atoms with Crippen molar-refractivity contribution in [3.63, 3.8) is 0 Å². The smallest absolute Gasteiger partial charge is 0.0367 e. The van der Waals surface area contributed by atoms with Crippen LogP contribution in [0, 0.1) is 5.92 Å². The summed E-state index contributed by atoms with van der Waals surface area (Å²) in [7, 11) is 0. The van der Waals surface area contributed by atoms with Gasteiger partial charge in [-0.1, -0.05) is 13.8 Å². The maximum atomic E-state index is 3.58. The first-order valence-electron chi connectivity index (χ1n) is 7.68. The second-order valence-electron chi connectivity index (χ2n) is 5.74. The van der Waals surface area contributed by atoms with E-state index in [0.717, 1.165) is 19.0 Å². The summed E-state index contributed by atoms with van der Waals surface area (Å²) in [4.78, 5) is 2.37. The van der Waals surface area contributed by atoms with E-state index in [-0.39, 0.29) is 0 Å². The molecule has 2 nitrogen and oxygen atoms in total. The van der Waals surface area contributed by atoms with Gasteiger partial charge < -0.3 is 10.2 Å². The lowest BCUT2D eigenvalue weighted by molar-refractivity contribution is 0.528. The molecule has 0 spiro atoms. The summed E-state index contributed by atoms with van der Waals surface area (Å²) >= 11 is 0. The van der Waals surface area contributed by atoms with E-state index in [9.17, 15) is 0 Å². The Bertz CT molecular complexity index is 339. The molecule has 0 radical (unpaired) electrons. The highest BCUT2D eigenvalue weighted by molar-refractivity contribution is 5.55. The van der Waals surface area contributed by atoms with Gasteiger partial charge in [0.05, 0.1) is 0 Å². The maximum Gasteiger partial charge on any atom is 0.0367 e. The summed E-state index contributed by atoms with van der Waals surface area (Å²) in [6.07, 6.45) is 2.52. The van der Waals surface area contributed by atoms with Crippen LogP contribution in [0.4, 0.5) is 11.4 Å². The average Bonchev–Trinajstić information content (AvgIpc) is 2.40. The standard InChI is InChI=1S/C17H30N2/c1-6-19(7-2)17-12-10-16(11-13-17)18-15(5)9-8-14(3)4/h10-15,18H,6-9H2,1-5H3. The van der Waals surface area contributed by atoms with Gasteiger partial charge in [0.2, 0.25) is 0 Å². The molecular weight excluding hydrogens is 232 g/mol. The molecule has 1 unspecified atom stereocenters. The lowest BCUT2D eigenvalue weighted by Crippen LogP contribution is -2.21. The highest BCUT2D eigenvalue weighted by Crippen LogP contribution is 2.19. The van der Waals surface area contributed by atoms with Crippen LogP contribution in [0.3, 0.4) is 0 Å². The van der Waals surface area contributed by atoms with Crippen molar-refractivity contribution in [3.05, 3.63) is 24.3 Å². The molecule has 1 rings (SSSR count). The number of anilines is 2. The number of nitrogens with zero attached hydrogens (tertiary/aromatic N) is 1. The highest BCUT2D eigenvalue weighted by atomic mass is 15.1. The van der Waals surface area contributed by atoms with Crippen molar-refractivity contribution in [3.8, 4) is 0 Å². The predicted octanol–water partition coefficient (Wildman–Crippen LogP) is 4.77. The number of nitrogens with one attached hydrogen (secondary N) is 1. The molecule has 0 aliphatic rings. The second-order valence-corrected chi connectivity index (χ2v) is 5.74. The van der Waals surface area contributed by atoms with Crippen LogP contribution >= 0.6 is 0 Å². The molecule has 0 aliphatic heterocycles. The summed E-state index contributed by atoms with van der Waals surface area (Å²) in [5.41, 5.74) is 2.54. The van der Waals surface area contributed by atoms with Crippen molar-refractivity contribution in [2.45, 2.75) is 53.5 Å². The Balaban J connectivity index is 2.52.